The van der Waals surface area contributed by atoms with Gasteiger partial charge in [0.05, 0.1) is 0 Å². The Labute approximate surface area is 108 Å². The van der Waals surface area contributed by atoms with Crippen LogP contribution in [0.4, 0.5) is 0 Å². The number of ketones is 1. The second kappa shape index (κ2) is 6.15. The second-order valence-corrected chi connectivity index (χ2v) is 4.47. The van der Waals surface area contributed by atoms with E-state index >= 15 is 0 Å². The topological polar surface area (TPSA) is 17.1 Å². The van der Waals surface area contributed by atoms with Gasteiger partial charge in [0, 0.05) is 5.56 Å². The standard InChI is InChI=1S/C17H18O/c1-2-3-4-5-10-17(18)16-12-11-14-8-6-7-9-15(14)13-16/h5-13H,2-4H2,1H3/b10-5+. The third-order valence-corrected chi connectivity index (χ3v) is 3.03. The average Bonchev–Trinajstić information content (AvgIpc) is 2.43. The van der Waals surface area contributed by atoms with Crippen molar-refractivity contribution in [1.82, 2.24) is 0 Å². The molecule has 2 aromatic rings. The molecule has 0 unspecified atom stereocenters. The summed E-state index contributed by atoms with van der Waals surface area (Å²) in [4.78, 5) is 12.0. The van der Waals surface area contributed by atoms with Crippen LogP contribution in [0, 0.1) is 0 Å². The Morgan fingerprint density at radius 1 is 1.11 bits per heavy atom. The van der Waals surface area contributed by atoms with E-state index in [4.69, 9.17) is 0 Å². The van der Waals surface area contributed by atoms with Gasteiger partial charge >= 0.3 is 0 Å². The first-order valence-electron chi connectivity index (χ1n) is 6.51. The van der Waals surface area contributed by atoms with E-state index in [1.165, 1.54) is 5.39 Å². The number of carbonyl (C=O) groups excluding carboxylic acids is 1. The molecule has 0 heterocycles. The molecule has 0 saturated heterocycles. The highest BCUT2D eigenvalue weighted by molar-refractivity contribution is 6.06. The van der Waals surface area contributed by atoms with Gasteiger partial charge in [0.15, 0.2) is 5.78 Å². The number of fused-ring (bicyclic) bond motifs is 1. The van der Waals surface area contributed by atoms with E-state index in [0.717, 1.165) is 30.2 Å². The Morgan fingerprint density at radius 3 is 2.67 bits per heavy atom. The number of hydrogen-bond donors (Lipinski definition) is 0. The third kappa shape index (κ3) is 3.07. The molecule has 0 spiro atoms. The maximum absolute atomic E-state index is 12.0. The Kier molecular flexibility index (Phi) is 4.30. The first-order valence-corrected chi connectivity index (χ1v) is 6.51. The summed E-state index contributed by atoms with van der Waals surface area (Å²) in [7, 11) is 0. The lowest BCUT2D eigenvalue weighted by Gasteiger charge is -2.00. The van der Waals surface area contributed by atoms with Crippen molar-refractivity contribution in [2.45, 2.75) is 26.2 Å². The molecule has 0 N–H and O–H groups in total. The molecular weight excluding hydrogens is 220 g/mol. The maximum Gasteiger partial charge on any atom is 0.185 e. The quantitative estimate of drug-likeness (QED) is 0.416. The number of allylic oxidation sites excluding steroid dienone is 2. The normalized spacial score (nSPS) is 11.2. The molecule has 0 aromatic heterocycles. The largest absolute Gasteiger partial charge is 0.289 e. The molecular formula is C17H18O. The van der Waals surface area contributed by atoms with Crippen molar-refractivity contribution in [3.05, 3.63) is 60.2 Å². The van der Waals surface area contributed by atoms with Gasteiger partial charge < -0.3 is 0 Å². The van der Waals surface area contributed by atoms with Gasteiger partial charge in [0.2, 0.25) is 0 Å². The summed E-state index contributed by atoms with van der Waals surface area (Å²) in [6, 6.07) is 14.0. The molecule has 0 amide bonds. The second-order valence-electron chi connectivity index (χ2n) is 4.47. The fourth-order valence-corrected chi connectivity index (χ4v) is 1.95. The summed E-state index contributed by atoms with van der Waals surface area (Å²) in [6.45, 7) is 2.15. The number of rotatable bonds is 5. The van der Waals surface area contributed by atoms with Gasteiger partial charge in [0.1, 0.15) is 0 Å². The molecule has 0 aliphatic rings. The van der Waals surface area contributed by atoms with Crippen molar-refractivity contribution < 1.29 is 4.79 Å². The van der Waals surface area contributed by atoms with Crippen molar-refractivity contribution in [2.75, 3.05) is 0 Å². The summed E-state index contributed by atoms with van der Waals surface area (Å²) >= 11 is 0. The molecule has 92 valence electrons. The lowest BCUT2D eigenvalue weighted by molar-refractivity contribution is 0.104. The minimum atomic E-state index is 0.0943. The van der Waals surface area contributed by atoms with Crippen LogP contribution in [0.5, 0.6) is 0 Å². The molecule has 0 aliphatic carbocycles. The zero-order chi connectivity index (χ0) is 12.8. The Balaban J connectivity index is 2.15. The van der Waals surface area contributed by atoms with Crippen molar-refractivity contribution >= 4 is 16.6 Å². The fourth-order valence-electron chi connectivity index (χ4n) is 1.95. The monoisotopic (exact) mass is 238 g/mol. The zero-order valence-corrected chi connectivity index (χ0v) is 10.7. The Bertz CT molecular complexity index is 567. The van der Waals surface area contributed by atoms with E-state index in [1.54, 1.807) is 6.08 Å². The summed E-state index contributed by atoms with van der Waals surface area (Å²) < 4.78 is 0. The summed E-state index contributed by atoms with van der Waals surface area (Å²) in [5.74, 6) is 0.0943. The lowest BCUT2D eigenvalue weighted by atomic mass is 10.0. The molecule has 1 heteroatoms. The van der Waals surface area contributed by atoms with Gasteiger partial charge in [-0.25, -0.2) is 0 Å². The van der Waals surface area contributed by atoms with Crippen LogP contribution in [0.15, 0.2) is 54.6 Å². The summed E-state index contributed by atoms with van der Waals surface area (Å²) in [6.07, 6.45) is 6.95. The Hall–Kier alpha value is -1.89. The zero-order valence-electron chi connectivity index (χ0n) is 10.7. The van der Waals surface area contributed by atoms with Crippen LogP contribution >= 0.6 is 0 Å². The predicted octanol–water partition coefficient (Wildman–Crippen LogP) is 4.77. The van der Waals surface area contributed by atoms with Crippen LogP contribution < -0.4 is 0 Å². The van der Waals surface area contributed by atoms with Crippen LogP contribution in [-0.4, -0.2) is 5.78 Å². The van der Waals surface area contributed by atoms with Gasteiger partial charge in [-0.2, -0.15) is 0 Å². The fraction of sp³-hybridized carbons (Fsp3) is 0.235. The van der Waals surface area contributed by atoms with Gasteiger partial charge in [-0.3, -0.25) is 4.79 Å². The van der Waals surface area contributed by atoms with Gasteiger partial charge in [-0.1, -0.05) is 62.2 Å². The lowest BCUT2D eigenvalue weighted by Crippen LogP contribution is -1.93. The summed E-state index contributed by atoms with van der Waals surface area (Å²) in [5.41, 5.74) is 0.765. The van der Waals surface area contributed by atoms with Gasteiger partial charge in [-0.05, 0) is 29.3 Å². The highest BCUT2D eigenvalue weighted by atomic mass is 16.1. The van der Waals surface area contributed by atoms with Crippen LogP contribution in [0.25, 0.3) is 10.8 Å². The van der Waals surface area contributed by atoms with E-state index in [2.05, 4.69) is 13.0 Å². The number of benzene rings is 2. The SMILES string of the molecule is CCCC/C=C/C(=O)c1ccc2ccccc2c1. The molecule has 18 heavy (non-hydrogen) atoms. The Morgan fingerprint density at radius 2 is 1.89 bits per heavy atom. The minimum absolute atomic E-state index is 0.0943. The molecule has 0 bridgehead atoms. The molecule has 0 saturated carbocycles. The van der Waals surface area contributed by atoms with Crippen molar-refractivity contribution in [1.29, 1.82) is 0 Å². The molecule has 0 radical (unpaired) electrons. The van der Waals surface area contributed by atoms with E-state index in [1.807, 2.05) is 42.5 Å². The average molecular weight is 238 g/mol. The van der Waals surface area contributed by atoms with Crippen LogP contribution in [0.1, 0.15) is 36.5 Å². The number of hydrogen-bond acceptors (Lipinski definition) is 1. The minimum Gasteiger partial charge on any atom is -0.289 e. The van der Waals surface area contributed by atoms with Crippen molar-refractivity contribution in [3.63, 3.8) is 0 Å². The van der Waals surface area contributed by atoms with Crippen LogP contribution in [0.3, 0.4) is 0 Å². The predicted molar refractivity (Wildman–Crippen MR) is 76.9 cm³/mol. The first-order chi connectivity index (χ1) is 8.81. The molecule has 2 aromatic carbocycles. The number of carbonyl (C=O) groups is 1. The van der Waals surface area contributed by atoms with Gasteiger partial charge in [0.25, 0.3) is 0 Å². The highest BCUT2D eigenvalue weighted by Gasteiger charge is 2.02. The van der Waals surface area contributed by atoms with E-state index in [0.29, 0.717) is 0 Å². The molecule has 0 atom stereocenters. The summed E-state index contributed by atoms with van der Waals surface area (Å²) in [5, 5.41) is 2.29. The van der Waals surface area contributed by atoms with Gasteiger partial charge in [-0.15, -0.1) is 0 Å². The smallest absolute Gasteiger partial charge is 0.185 e. The molecule has 1 nitrogen and oxygen atoms in total. The van der Waals surface area contributed by atoms with Crippen LogP contribution in [-0.2, 0) is 0 Å². The van der Waals surface area contributed by atoms with E-state index in [9.17, 15) is 4.79 Å². The third-order valence-electron chi connectivity index (χ3n) is 3.03. The maximum atomic E-state index is 12.0. The molecule has 2 rings (SSSR count). The van der Waals surface area contributed by atoms with Crippen molar-refractivity contribution in [2.24, 2.45) is 0 Å². The number of unbranched alkanes of at least 4 members (excludes halogenated alkanes) is 2. The van der Waals surface area contributed by atoms with Crippen LogP contribution in [0.2, 0.25) is 0 Å². The van der Waals surface area contributed by atoms with E-state index < -0.39 is 0 Å². The molecule has 0 fully saturated rings. The molecule has 0 aliphatic heterocycles. The van der Waals surface area contributed by atoms with E-state index in [-0.39, 0.29) is 5.78 Å². The van der Waals surface area contributed by atoms with Crippen molar-refractivity contribution in [3.8, 4) is 0 Å². The highest BCUT2D eigenvalue weighted by Crippen LogP contribution is 2.16. The first kappa shape index (κ1) is 12.6.